The Bertz CT molecular complexity index is 511. The van der Waals surface area contributed by atoms with Crippen LogP contribution in [0, 0.1) is 0 Å². The van der Waals surface area contributed by atoms with E-state index < -0.39 is 12.2 Å². The zero-order valence-electron chi connectivity index (χ0n) is 12.5. The molecule has 22 heavy (non-hydrogen) atoms. The predicted octanol–water partition coefficient (Wildman–Crippen LogP) is 1.74. The average Bonchev–Trinajstić information content (AvgIpc) is 2.54. The van der Waals surface area contributed by atoms with Crippen molar-refractivity contribution in [1.82, 2.24) is 0 Å². The number of aliphatic hydroxyl groups excluding tert-OH is 2. The van der Waals surface area contributed by atoms with Crippen LogP contribution < -0.4 is 9.80 Å². The van der Waals surface area contributed by atoms with E-state index in [1.54, 1.807) is 0 Å². The first-order chi connectivity index (χ1) is 10.7. The van der Waals surface area contributed by atoms with Crippen LogP contribution in [0.1, 0.15) is 0 Å². The summed E-state index contributed by atoms with van der Waals surface area (Å²) in [7, 11) is 0. The molecule has 0 aliphatic carbocycles. The third-order valence-corrected chi connectivity index (χ3v) is 3.97. The minimum atomic E-state index is -0.465. The molecular weight excluding hydrogens is 276 g/mol. The summed E-state index contributed by atoms with van der Waals surface area (Å²) in [5, 5.41) is 20.8. The number of para-hydroxylation sites is 2. The van der Waals surface area contributed by atoms with Crippen LogP contribution in [0.4, 0.5) is 11.4 Å². The largest absolute Gasteiger partial charge is 0.389 e. The van der Waals surface area contributed by atoms with Crippen LogP contribution in [-0.4, -0.2) is 48.6 Å². The maximum absolute atomic E-state index is 10.4. The fraction of sp³-hybridized carbons (Fsp3) is 0.333. The van der Waals surface area contributed by atoms with Gasteiger partial charge in [-0.1, -0.05) is 36.4 Å². The highest BCUT2D eigenvalue weighted by atomic mass is 16.3. The summed E-state index contributed by atoms with van der Waals surface area (Å²) in [5.74, 6) is 0. The second-order valence-corrected chi connectivity index (χ2v) is 5.79. The molecule has 0 radical (unpaired) electrons. The smallest absolute Gasteiger partial charge is 0.0889 e. The summed E-state index contributed by atoms with van der Waals surface area (Å²) in [6.07, 6.45) is -0.930. The van der Waals surface area contributed by atoms with Gasteiger partial charge in [0.2, 0.25) is 0 Å². The number of rotatable bonds is 2. The number of benzene rings is 2. The highest BCUT2D eigenvalue weighted by Gasteiger charge is 2.24. The van der Waals surface area contributed by atoms with Gasteiger partial charge in [-0.3, -0.25) is 0 Å². The molecular formula is C18H22N2O2. The molecule has 1 aliphatic heterocycles. The number of hydrogen-bond acceptors (Lipinski definition) is 4. The number of anilines is 2. The van der Waals surface area contributed by atoms with E-state index >= 15 is 0 Å². The van der Waals surface area contributed by atoms with Crippen molar-refractivity contribution >= 4 is 11.4 Å². The van der Waals surface area contributed by atoms with E-state index in [1.807, 2.05) is 60.7 Å². The van der Waals surface area contributed by atoms with Gasteiger partial charge in [0.05, 0.1) is 12.2 Å². The van der Waals surface area contributed by atoms with Gasteiger partial charge in [0.25, 0.3) is 0 Å². The normalized spacial score (nSPS) is 23.0. The summed E-state index contributed by atoms with van der Waals surface area (Å²) in [4.78, 5) is 4.11. The van der Waals surface area contributed by atoms with Crippen molar-refractivity contribution in [2.45, 2.75) is 12.2 Å². The maximum atomic E-state index is 10.4. The topological polar surface area (TPSA) is 46.9 Å². The summed E-state index contributed by atoms with van der Waals surface area (Å²) < 4.78 is 0. The second kappa shape index (κ2) is 6.81. The van der Waals surface area contributed by atoms with Crippen LogP contribution in [0.25, 0.3) is 0 Å². The molecule has 2 aromatic carbocycles. The molecule has 0 amide bonds. The Morgan fingerprint density at radius 1 is 0.591 bits per heavy atom. The zero-order valence-corrected chi connectivity index (χ0v) is 12.5. The van der Waals surface area contributed by atoms with E-state index in [4.69, 9.17) is 0 Å². The summed E-state index contributed by atoms with van der Waals surface area (Å²) >= 11 is 0. The van der Waals surface area contributed by atoms with E-state index in [0.717, 1.165) is 11.4 Å². The molecule has 116 valence electrons. The molecule has 1 fully saturated rings. The Hall–Kier alpha value is -2.04. The lowest BCUT2D eigenvalue weighted by Gasteiger charge is -2.37. The fourth-order valence-electron chi connectivity index (χ4n) is 2.98. The maximum Gasteiger partial charge on any atom is 0.0889 e. The molecule has 4 heteroatoms. The minimum absolute atomic E-state index is 0.465. The van der Waals surface area contributed by atoms with Gasteiger partial charge in [-0.15, -0.1) is 0 Å². The number of hydrogen-bond donors (Lipinski definition) is 2. The van der Waals surface area contributed by atoms with E-state index in [9.17, 15) is 10.2 Å². The summed E-state index contributed by atoms with van der Waals surface area (Å²) in [6, 6.07) is 19.9. The molecule has 0 spiro atoms. The third-order valence-electron chi connectivity index (χ3n) is 3.97. The highest BCUT2D eigenvalue weighted by Crippen LogP contribution is 2.20. The van der Waals surface area contributed by atoms with Gasteiger partial charge in [0.1, 0.15) is 0 Å². The zero-order chi connectivity index (χ0) is 15.4. The van der Waals surface area contributed by atoms with Gasteiger partial charge in [-0.2, -0.15) is 0 Å². The Labute approximate surface area is 131 Å². The fourth-order valence-corrected chi connectivity index (χ4v) is 2.98. The van der Waals surface area contributed by atoms with Crippen molar-refractivity contribution in [2.24, 2.45) is 0 Å². The number of nitrogens with zero attached hydrogens (tertiary/aromatic N) is 2. The second-order valence-electron chi connectivity index (χ2n) is 5.79. The van der Waals surface area contributed by atoms with Crippen molar-refractivity contribution in [3.8, 4) is 0 Å². The molecule has 1 aliphatic rings. The lowest BCUT2D eigenvalue weighted by molar-refractivity contribution is 0.142. The van der Waals surface area contributed by atoms with Crippen LogP contribution in [-0.2, 0) is 0 Å². The lowest BCUT2D eigenvalue weighted by Crippen LogP contribution is -2.50. The van der Waals surface area contributed by atoms with E-state index in [-0.39, 0.29) is 0 Å². The van der Waals surface area contributed by atoms with Crippen molar-refractivity contribution in [2.75, 3.05) is 36.0 Å². The van der Waals surface area contributed by atoms with Crippen molar-refractivity contribution in [1.29, 1.82) is 0 Å². The quantitative estimate of drug-likeness (QED) is 0.886. The van der Waals surface area contributed by atoms with Gasteiger partial charge < -0.3 is 20.0 Å². The Morgan fingerprint density at radius 3 is 1.23 bits per heavy atom. The average molecular weight is 298 g/mol. The molecule has 0 unspecified atom stereocenters. The highest BCUT2D eigenvalue weighted by molar-refractivity contribution is 5.49. The monoisotopic (exact) mass is 298 g/mol. The lowest BCUT2D eigenvalue weighted by atomic mass is 10.1. The minimum Gasteiger partial charge on any atom is -0.389 e. The Kier molecular flexibility index (Phi) is 4.61. The van der Waals surface area contributed by atoms with E-state index in [2.05, 4.69) is 9.80 Å². The van der Waals surface area contributed by atoms with Crippen LogP contribution >= 0.6 is 0 Å². The van der Waals surface area contributed by atoms with Crippen molar-refractivity contribution in [3.05, 3.63) is 60.7 Å². The number of β-amino-alcohol motifs (C(OH)–C–C–N with tert-alkyl or cyclic N) is 2. The van der Waals surface area contributed by atoms with E-state index in [0.29, 0.717) is 26.2 Å². The van der Waals surface area contributed by atoms with Gasteiger partial charge in [0, 0.05) is 37.6 Å². The number of aliphatic hydroxyl groups is 2. The van der Waals surface area contributed by atoms with Crippen LogP contribution in [0.3, 0.4) is 0 Å². The molecule has 2 N–H and O–H groups in total. The van der Waals surface area contributed by atoms with E-state index in [1.165, 1.54) is 0 Å². The molecule has 0 bridgehead atoms. The van der Waals surface area contributed by atoms with Crippen molar-refractivity contribution in [3.63, 3.8) is 0 Å². The first-order valence-corrected chi connectivity index (χ1v) is 7.68. The molecule has 1 heterocycles. The SMILES string of the molecule is OC1CN(c2ccccc2)CC(O)CN(c2ccccc2)C1. The molecule has 0 atom stereocenters. The Morgan fingerprint density at radius 2 is 0.909 bits per heavy atom. The molecule has 1 saturated heterocycles. The van der Waals surface area contributed by atoms with Crippen LogP contribution in [0.5, 0.6) is 0 Å². The first-order valence-electron chi connectivity index (χ1n) is 7.68. The predicted molar refractivity (Wildman–Crippen MR) is 89.3 cm³/mol. The summed E-state index contributed by atoms with van der Waals surface area (Å²) in [5.41, 5.74) is 2.07. The van der Waals surface area contributed by atoms with Gasteiger partial charge in [0.15, 0.2) is 0 Å². The molecule has 0 aromatic heterocycles. The molecule has 4 nitrogen and oxygen atoms in total. The van der Waals surface area contributed by atoms with Crippen molar-refractivity contribution < 1.29 is 10.2 Å². The molecule has 0 saturated carbocycles. The van der Waals surface area contributed by atoms with Gasteiger partial charge in [-0.25, -0.2) is 0 Å². The van der Waals surface area contributed by atoms with Gasteiger partial charge >= 0.3 is 0 Å². The first kappa shape index (κ1) is 14.9. The Balaban J connectivity index is 1.75. The standard InChI is InChI=1S/C18H22N2O2/c21-17-11-19(15-7-3-1-4-8-15)12-18(22)14-20(13-17)16-9-5-2-6-10-16/h1-10,17-18,21-22H,11-14H2. The third kappa shape index (κ3) is 3.59. The van der Waals surface area contributed by atoms with Gasteiger partial charge in [-0.05, 0) is 24.3 Å². The molecule has 2 aromatic rings. The summed E-state index contributed by atoms with van der Waals surface area (Å²) in [6.45, 7) is 2.07. The molecule has 3 rings (SSSR count). The van der Waals surface area contributed by atoms with Crippen LogP contribution in [0.15, 0.2) is 60.7 Å². The van der Waals surface area contributed by atoms with Crippen LogP contribution in [0.2, 0.25) is 0 Å².